The van der Waals surface area contributed by atoms with Crippen LogP contribution in [0.3, 0.4) is 0 Å². The molecule has 0 saturated carbocycles. The maximum atomic E-state index is 8.87. The Balaban J connectivity index is 2.28. The van der Waals surface area contributed by atoms with Crippen molar-refractivity contribution in [2.24, 2.45) is 0 Å². The van der Waals surface area contributed by atoms with Gasteiger partial charge >= 0.3 is 0 Å². The molecule has 3 nitrogen and oxygen atoms in total. The predicted octanol–water partition coefficient (Wildman–Crippen LogP) is 2.64. The molecule has 0 saturated heterocycles. The van der Waals surface area contributed by atoms with Crippen LogP contribution in [0.25, 0.3) is 0 Å². The second-order valence-corrected chi connectivity index (χ2v) is 3.90. The van der Waals surface area contributed by atoms with Gasteiger partial charge in [0, 0.05) is 12.7 Å². The van der Waals surface area contributed by atoms with Gasteiger partial charge < -0.3 is 10.3 Å². The van der Waals surface area contributed by atoms with E-state index in [2.05, 4.69) is 6.07 Å². The summed E-state index contributed by atoms with van der Waals surface area (Å²) in [5, 5.41) is 9.42. The number of hydrogen-bond donors (Lipinski definition) is 1. The topological polar surface area (TPSA) is 54.7 Å². The number of nitrogens with zero attached hydrogens (tertiary/aromatic N) is 2. The zero-order chi connectivity index (χ0) is 11.5. The van der Waals surface area contributed by atoms with E-state index in [9.17, 15) is 0 Å². The molecule has 0 atom stereocenters. The van der Waals surface area contributed by atoms with E-state index < -0.39 is 0 Å². The maximum absolute atomic E-state index is 8.87. The highest BCUT2D eigenvalue weighted by Crippen LogP contribution is 2.20. The summed E-state index contributed by atoms with van der Waals surface area (Å²) in [4.78, 5) is 0. The van der Waals surface area contributed by atoms with Crippen LogP contribution in [0.15, 0.2) is 36.5 Å². The van der Waals surface area contributed by atoms with Crippen molar-refractivity contribution < 1.29 is 0 Å². The van der Waals surface area contributed by atoms with Crippen molar-refractivity contribution in [2.75, 3.05) is 5.73 Å². The first-order chi connectivity index (χ1) is 7.70. The Bertz CT molecular complexity index is 552. The molecule has 0 fully saturated rings. The van der Waals surface area contributed by atoms with Gasteiger partial charge in [0.05, 0.1) is 10.7 Å². The fourth-order valence-corrected chi connectivity index (χ4v) is 1.66. The van der Waals surface area contributed by atoms with Gasteiger partial charge in [-0.2, -0.15) is 5.26 Å². The molecule has 0 amide bonds. The molecule has 0 radical (unpaired) electrons. The van der Waals surface area contributed by atoms with Crippen LogP contribution in [-0.4, -0.2) is 4.57 Å². The van der Waals surface area contributed by atoms with E-state index >= 15 is 0 Å². The van der Waals surface area contributed by atoms with Crippen molar-refractivity contribution in [3.63, 3.8) is 0 Å². The quantitative estimate of drug-likeness (QED) is 0.808. The molecule has 2 aromatic rings. The molecule has 0 aliphatic heterocycles. The number of aromatic nitrogens is 1. The van der Waals surface area contributed by atoms with Crippen LogP contribution in [0.2, 0.25) is 5.02 Å². The fraction of sp³-hybridized carbons (Fsp3) is 0.0833. The minimum absolute atomic E-state index is 0.553. The highest BCUT2D eigenvalue weighted by molar-refractivity contribution is 6.33. The van der Waals surface area contributed by atoms with Gasteiger partial charge in [0.1, 0.15) is 11.8 Å². The standard InChI is InChI=1S/C12H10ClN3/c13-11-4-3-9(6-12(11)15)8-16-5-1-2-10(16)7-14/h1-6H,8,15H2. The van der Waals surface area contributed by atoms with Gasteiger partial charge in [-0.15, -0.1) is 0 Å². The summed E-state index contributed by atoms with van der Waals surface area (Å²) in [5.74, 6) is 0. The lowest BCUT2D eigenvalue weighted by Gasteiger charge is -2.06. The average Bonchev–Trinajstić information content (AvgIpc) is 2.71. The number of hydrogen-bond acceptors (Lipinski definition) is 2. The van der Waals surface area contributed by atoms with E-state index in [0.29, 0.717) is 22.9 Å². The number of rotatable bonds is 2. The van der Waals surface area contributed by atoms with E-state index in [1.165, 1.54) is 0 Å². The Kier molecular flexibility index (Phi) is 2.84. The highest BCUT2D eigenvalue weighted by Gasteiger charge is 2.02. The summed E-state index contributed by atoms with van der Waals surface area (Å²) in [6.07, 6.45) is 1.86. The molecule has 0 unspecified atom stereocenters. The summed E-state index contributed by atoms with van der Waals surface area (Å²) >= 11 is 5.84. The van der Waals surface area contributed by atoms with Crippen LogP contribution in [0, 0.1) is 11.3 Å². The highest BCUT2D eigenvalue weighted by atomic mass is 35.5. The summed E-state index contributed by atoms with van der Waals surface area (Å²) in [6, 6.07) is 11.2. The third-order valence-electron chi connectivity index (χ3n) is 2.36. The maximum Gasteiger partial charge on any atom is 0.120 e. The molecule has 80 valence electrons. The van der Waals surface area contributed by atoms with Crippen LogP contribution < -0.4 is 5.73 Å². The molecule has 2 N–H and O–H groups in total. The number of benzene rings is 1. The SMILES string of the molecule is N#Cc1cccn1Cc1ccc(Cl)c(N)c1. The van der Waals surface area contributed by atoms with Crippen LogP contribution in [0.5, 0.6) is 0 Å². The number of nitrogen functional groups attached to an aromatic ring is 1. The normalized spacial score (nSPS) is 10.0. The Morgan fingerprint density at radius 3 is 2.88 bits per heavy atom. The Labute approximate surface area is 98.7 Å². The zero-order valence-corrected chi connectivity index (χ0v) is 9.28. The molecule has 0 aliphatic carbocycles. The van der Waals surface area contributed by atoms with E-state index in [0.717, 1.165) is 5.56 Å². The minimum Gasteiger partial charge on any atom is -0.398 e. The van der Waals surface area contributed by atoms with Gasteiger partial charge in [-0.05, 0) is 29.8 Å². The van der Waals surface area contributed by atoms with Gasteiger partial charge in [0.15, 0.2) is 0 Å². The lowest BCUT2D eigenvalue weighted by Crippen LogP contribution is -2.01. The van der Waals surface area contributed by atoms with Crippen molar-refractivity contribution in [3.05, 3.63) is 52.8 Å². The molecule has 16 heavy (non-hydrogen) atoms. The molecule has 0 spiro atoms. The zero-order valence-electron chi connectivity index (χ0n) is 8.52. The first-order valence-electron chi connectivity index (χ1n) is 4.80. The minimum atomic E-state index is 0.553. The predicted molar refractivity (Wildman–Crippen MR) is 64.1 cm³/mol. The third kappa shape index (κ3) is 2.02. The molecule has 1 aromatic carbocycles. The number of anilines is 1. The van der Waals surface area contributed by atoms with Gasteiger partial charge in [-0.3, -0.25) is 0 Å². The van der Waals surface area contributed by atoms with Crippen molar-refractivity contribution in [2.45, 2.75) is 6.54 Å². The summed E-state index contributed by atoms with van der Waals surface area (Å²) < 4.78 is 1.86. The van der Waals surface area contributed by atoms with E-state index in [1.54, 1.807) is 12.1 Å². The largest absolute Gasteiger partial charge is 0.398 e. The molecular weight excluding hydrogens is 222 g/mol. The van der Waals surface area contributed by atoms with Gasteiger partial charge in [0.2, 0.25) is 0 Å². The van der Waals surface area contributed by atoms with Gasteiger partial charge in [0.25, 0.3) is 0 Å². The summed E-state index contributed by atoms with van der Waals surface area (Å²) in [7, 11) is 0. The van der Waals surface area contributed by atoms with Gasteiger partial charge in [-0.1, -0.05) is 17.7 Å². The second-order valence-electron chi connectivity index (χ2n) is 3.49. The van der Waals surface area contributed by atoms with Crippen molar-refractivity contribution >= 4 is 17.3 Å². The first-order valence-corrected chi connectivity index (χ1v) is 5.17. The van der Waals surface area contributed by atoms with Crippen molar-refractivity contribution in [1.29, 1.82) is 5.26 Å². The lowest BCUT2D eigenvalue weighted by molar-refractivity contribution is 0.794. The van der Waals surface area contributed by atoms with Crippen molar-refractivity contribution in [1.82, 2.24) is 4.57 Å². The second kappa shape index (κ2) is 4.30. The molecule has 0 bridgehead atoms. The van der Waals surface area contributed by atoms with E-state index in [1.807, 2.05) is 29.0 Å². The van der Waals surface area contributed by atoms with E-state index in [-0.39, 0.29) is 0 Å². The third-order valence-corrected chi connectivity index (χ3v) is 2.70. The summed E-state index contributed by atoms with van der Waals surface area (Å²) in [6.45, 7) is 0.622. The first kappa shape index (κ1) is 10.6. The number of halogens is 1. The Morgan fingerprint density at radius 1 is 1.38 bits per heavy atom. The summed E-state index contributed by atoms with van der Waals surface area (Å²) in [5.41, 5.74) is 7.93. The molecular formula is C12H10ClN3. The van der Waals surface area contributed by atoms with Crippen LogP contribution in [0.1, 0.15) is 11.3 Å². The lowest BCUT2D eigenvalue weighted by atomic mass is 10.2. The molecule has 2 rings (SSSR count). The number of nitrogens with two attached hydrogens (primary N) is 1. The molecule has 4 heteroatoms. The Hall–Kier alpha value is -1.92. The average molecular weight is 232 g/mol. The van der Waals surface area contributed by atoms with E-state index in [4.69, 9.17) is 22.6 Å². The fourth-order valence-electron chi connectivity index (χ4n) is 1.54. The Morgan fingerprint density at radius 2 is 2.19 bits per heavy atom. The molecule has 1 heterocycles. The van der Waals surface area contributed by atoms with Crippen LogP contribution in [-0.2, 0) is 6.54 Å². The monoisotopic (exact) mass is 231 g/mol. The molecule has 1 aromatic heterocycles. The molecule has 0 aliphatic rings. The number of nitriles is 1. The van der Waals surface area contributed by atoms with Gasteiger partial charge in [-0.25, -0.2) is 0 Å². The van der Waals surface area contributed by atoms with Crippen molar-refractivity contribution in [3.8, 4) is 6.07 Å². The smallest absolute Gasteiger partial charge is 0.120 e. The van der Waals surface area contributed by atoms with Crippen LogP contribution >= 0.6 is 11.6 Å². The van der Waals surface area contributed by atoms with Crippen LogP contribution in [0.4, 0.5) is 5.69 Å².